The summed E-state index contributed by atoms with van der Waals surface area (Å²) in [5.41, 5.74) is 8.20. The molecule has 2 atom stereocenters. The number of aliphatic carboxylic acids is 1. The van der Waals surface area contributed by atoms with Gasteiger partial charge in [-0.1, -0.05) is 22.0 Å². The summed E-state index contributed by atoms with van der Waals surface area (Å²) in [6, 6.07) is -0.974. The number of amides is 3. The first-order valence-electron chi connectivity index (χ1n) is 9.99. The number of hydrogen-bond donors (Lipinski definition) is 5. The minimum absolute atomic E-state index is 0.152. The zero-order valence-electron chi connectivity index (χ0n) is 19.1. The van der Waals surface area contributed by atoms with Gasteiger partial charge in [-0.05, 0) is 16.0 Å². The number of nitrogens with zero attached hydrogens (tertiary/aromatic N) is 7. The fourth-order valence-electron chi connectivity index (χ4n) is 3.25. The molecule has 202 valence electrons. The lowest BCUT2D eigenvalue weighted by Crippen LogP contribution is -2.71. The van der Waals surface area contributed by atoms with Crippen molar-refractivity contribution in [1.29, 1.82) is 0 Å². The quantitative estimate of drug-likeness (QED) is 0.0662. The number of anilines is 1. The maximum absolute atomic E-state index is 12.9. The van der Waals surface area contributed by atoms with Crippen molar-refractivity contribution in [2.24, 2.45) is 5.16 Å². The number of carbonyl (C=O) groups excluding carboxylic acids is 3. The second-order valence-electron chi connectivity index (χ2n) is 6.83. The van der Waals surface area contributed by atoms with Crippen LogP contribution in [0.3, 0.4) is 0 Å². The predicted molar refractivity (Wildman–Crippen MR) is 132 cm³/mol. The largest absolute Gasteiger partial charge is 0.483 e. The molecule has 0 saturated carbocycles. The molecule has 4 rings (SSSR count). The third kappa shape index (κ3) is 6.00. The van der Waals surface area contributed by atoms with Crippen LogP contribution in [0.5, 0.6) is 0 Å². The van der Waals surface area contributed by atoms with Crippen molar-refractivity contribution in [3.8, 4) is 0 Å². The SMILES string of the molecule is CO/N=C(/C(=O)N[C@@H]1C(=O)N2C(C(=O)O)=C(CSc3nnnn3NC=O)CS[C@H]12)c1csc(N)n1.O=CO. The van der Waals surface area contributed by atoms with Crippen LogP contribution in [0, 0.1) is 0 Å². The van der Waals surface area contributed by atoms with Crippen LogP contribution in [0.15, 0.2) is 27.0 Å². The molecule has 1 fully saturated rings. The van der Waals surface area contributed by atoms with E-state index in [2.05, 4.69) is 36.4 Å². The number of nitrogens with two attached hydrogens (primary N) is 1. The van der Waals surface area contributed by atoms with Gasteiger partial charge in [-0.2, -0.15) is 0 Å². The molecule has 0 bridgehead atoms. The number of nitrogens with one attached hydrogen (secondary N) is 2. The number of tetrazole rings is 1. The number of thioether (sulfide) groups is 2. The normalized spacial score (nSPS) is 18.4. The smallest absolute Gasteiger partial charge is 0.352 e. The van der Waals surface area contributed by atoms with E-state index in [1.54, 1.807) is 0 Å². The maximum Gasteiger partial charge on any atom is 0.352 e. The molecular weight excluding hydrogens is 568 g/mol. The summed E-state index contributed by atoms with van der Waals surface area (Å²) >= 11 is 3.49. The standard InChI is InChI=1S/C16H16N10O6S3.CH2O2/c1-32-22-8(7-4-34-15(17)19-7)11(28)20-9-12(29)25-10(14(30)31)6(2-33-13(9)25)3-35-16-21-23-24-26(16)18-5-27;2-1-3/h4-5,9,13H,2-3H2,1H3,(H2,17,19)(H,18,27)(H,20,28)(H,30,31);1H,(H,2,3)/b22-8+;/t9-,13-;/m1./s1. The molecule has 2 aromatic rings. The highest BCUT2D eigenvalue weighted by Crippen LogP contribution is 2.41. The number of thiazole rings is 1. The molecule has 0 unspecified atom stereocenters. The van der Waals surface area contributed by atoms with Crippen molar-refractivity contribution >= 4 is 76.4 Å². The lowest BCUT2D eigenvalue weighted by molar-refractivity contribution is -0.150. The second-order valence-corrected chi connectivity index (χ2v) is 9.76. The van der Waals surface area contributed by atoms with Crippen LogP contribution in [0.25, 0.3) is 0 Å². The Hall–Kier alpha value is -4.24. The molecule has 3 amide bonds. The number of nitrogen functional groups attached to an aromatic ring is 1. The summed E-state index contributed by atoms with van der Waals surface area (Å²) in [5.74, 6) is -2.15. The van der Waals surface area contributed by atoms with Crippen LogP contribution in [0.4, 0.5) is 5.13 Å². The van der Waals surface area contributed by atoms with Gasteiger partial charge < -0.3 is 26.1 Å². The van der Waals surface area contributed by atoms with E-state index in [1.807, 2.05) is 0 Å². The highest BCUT2D eigenvalue weighted by atomic mass is 32.2. The minimum Gasteiger partial charge on any atom is -0.483 e. The van der Waals surface area contributed by atoms with Crippen LogP contribution in [-0.2, 0) is 28.8 Å². The first-order chi connectivity index (χ1) is 18.3. The van der Waals surface area contributed by atoms with Gasteiger partial charge in [0.2, 0.25) is 11.6 Å². The fraction of sp³-hybridized carbons (Fsp3) is 0.294. The van der Waals surface area contributed by atoms with E-state index in [0.717, 1.165) is 32.8 Å². The van der Waals surface area contributed by atoms with Crippen molar-refractivity contribution in [3.63, 3.8) is 0 Å². The van der Waals surface area contributed by atoms with Crippen LogP contribution in [0.1, 0.15) is 5.69 Å². The zero-order valence-corrected chi connectivity index (χ0v) is 21.5. The van der Waals surface area contributed by atoms with Gasteiger partial charge in [0.25, 0.3) is 18.3 Å². The van der Waals surface area contributed by atoms with Gasteiger partial charge in [0.15, 0.2) is 10.8 Å². The molecule has 0 spiro atoms. The Morgan fingerprint density at radius 3 is 2.76 bits per heavy atom. The van der Waals surface area contributed by atoms with Crippen molar-refractivity contribution in [3.05, 3.63) is 22.3 Å². The number of carboxylic acids is 1. The Labute approximate surface area is 224 Å². The zero-order chi connectivity index (χ0) is 27.8. The number of hydrogen-bond acceptors (Lipinski definition) is 15. The van der Waals surface area contributed by atoms with Gasteiger partial charge >= 0.3 is 5.97 Å². The van der Waals surface area contributed by atoms with E-state index < -0.39 is 29.2 Å². The Kier molecular flexibility index (Phi) is 9.56. The molecule has 38 heavy (non-hydrogen) atoms. The van der Waals surface area contributed by atoms with Crippen molar-refractivity contribution in [2.45, 2.75) is 16.6 Å². The van der Waals surface area contributed by atoms with E-state index in [-0.39, 0.29) is 45.4 Å². The van der Waals surface area contributed by atoms with Gasteiger partial charge in [0, 0.05) is 16.9 Å². The van der Waals surface area contributed by atoms with Crippen molar-refractivity contribution < 1.29 is 39.0 Å². The first kappa shape index (κ1) is 28.3. The lowest BCUT2D eigenvalue weighted by Gasteiger charge is -2.49. The molecule has 2 aliphatic rings. The summed E-state index contributed by atoms with van der Waals surface area (Å²) < 4.78 is 0. The Morgan fingerprint density at radius 2 is 2.16 bits per heavy atom. The van der Waals surface area contributed by atoms with Crippen molar-refractivity contribution in [2.75, 3.05) is 29.8 Å². The molecule has 2 aromatic heterocycles. The minimum atomic E-state index is -1.28. The van der Waals surface area contributed by atoms with Gasteiger partial charge in [0.1, 0.15) is 29.9 Å². The van der Waals surface area contributed by atoms with E-state index in [4.69, 9.17) is 20.5 Å². The van der Waals surface area contributed by atoms with Gasteiger partial charge in [0.05, 0.1) is 0 Å². The van der Waals surface area contributed by atoms with E-state index in [0.29, 0.717) is 12.0 Å². The molecule has 4 heterocycles. The third-order valence-corrected chi connectivity index (χ3v) is 7.71. The molecule has 1 saturated heterocycles. The topological polar surface area (TPSA) is 257 Å². The lowest BCUT2D eigenvalue weighted by atomic mass is 10.0. The van der Waals surface area contributed by atoms with E-state index in [1.165, 1.54) is 24.3 Å². The van der Waals surface area contributed by atoms with Gasteiger partial charge in [-0.3, -0.25) is 24.1 Å². The van der Waals surface area contributed by atoms with Crippen LogP contribution < -0.4 is 16.5 Å². The molecule has 18 nitrogen and oxygen atoms in total. The van der Waals surface area contributed by atoms with Crippen LogP contribution in [-0.4, -0.2) is 107 Å². The number of fused-ring (bicyclic) bond motifs is 1. The molecule has 6 N–H and O–H groups in total. The number of carboxylic acid groups (broad SMARTS) is 2. The molecule has 21 heteroatoms. The summed E-state index contributed by atoms with van der Waals surface area (Å²) in [5, 5.41) is 35.1. The highest BCUT2D eigenvalue weighted by Gasteiger charge is 2.54. The second kappa shape index (κ2) is 12.8. The number of oxime groups is 1. The summed E-state index contributed by atoms with van der Waals surface area (Å²) in [7, 11) is 1.26. The molecule has 0 aromatic carbocycles. The first-order valence-corrected chi connectivity index (χ1v) is 12.9. The predicted octanol–water partition coefficient (Wildman–Crippen LogP) is -2.01. The summed E-state index contributed by atoms with van der Waals surface area (Å²) in [6.45, 7) is -0.250. The molecule has 0 aliphatic carbocycles. The van der Waals surface area contributed by atoms with Crippen molar-refractivity contribution in [1.82, 2.24) is 35.5 Å². The Balaban J connectivity index is 0.00000127. The number of rotatable bonds is 10. The van der Waals surface area contributed by atoms with Gasteiger partial charge in [-0.15, -0.1) is 27.9 Å². The van der Waals surface area contributed by atoms with Crippen LogP contribution in [0.2, 0.25) is 0 Å². The highest BCUT2D eigenvalue weighted by molar-refractivity contribution is 8.01. The monoisotopic (exact) mass is 586 g/mol. The van der Waals surface area contributed by atoms with E-state index in [9.17, 15) is 24.3 Å². The maximum atomic E-state index is 12.9. The summed E-state index contributed by atoms with van der Waals surface area (Å²) in [4.78, 5) is 67.6. The molecular formula is C17H18N10O8S3. The Bertz CT molecular complexity index is 1290. The van der Waals surface area contributed by atoms with Crippen LogP contribution >= 0.6 is 34.9 Å². The fourth-order valence-corrected chi connectivity index (χ4v) is 6.12. The number of aromatic nitrogens is 5. The van der Waals surface area contributed by atoms with E-state index >= 15 is 0 Å². The molecule has 2 aliphatic heterocycles. The average Bonchev–Trinajstić information content (AvgIpc) is 3.52. The Morgan fingerprint density at radius 1 is 1.42 bits per heavy atom. The molecule has 0 radical (unpaired) electrons. The third-order valence-electron chi connectivity index (χ3n) is 4.69. The average molecular weight is 587 g/mol. The summed E-state index contributed by atoms with van der Waals surface area (Å²) in [6.07, 6.45) is 0.392. The number of β-lactam (4-membered cyclic amide) rings is 1. The number of carbonyl (C=O) groups is 5. The van der Waals surface area contributed by atoms with Gasteiger partial charge in [-0.25, -0.2) is 15.2 Å².